The number of nitriles is 1. The fraction of sp³-hybridized carbons (Fsp3) is 0.267. The van der Waals surface area contributed by atoms with E-state index in [-0.39, 0.29) is 11.6 Å². The summed E-state index contributed by atoms with van der Waals surface area (Å²) in [5, 5.41) is 13.1. The highest BCUT2D eigenvalue weighted by Crippen LogP contribution is 2.38. The van der Waals surface area contributed by atoms with E-state index in [9.17, 15) is 14.0 Å². The van der Waals surface area contributed by atoms with Crippen LogP contribution in [0.25, 0.3) is 10.9 Å². The predicted molar refractivity (Wildman–Crippen MR) is 154 cm³/mol. The number of aromatic nitrogens is 3. The lowest BCUT2D eigenvalue weighted by Crippen LogP contribution is -2.35. The van der Waals surface area contributed by atoms with Crippen LogP contribution < -0.4 is 11.0 Å². The van der Waals surface area contributed by atoms with E-state index in [1.54, 1.807) is 6.07 Å². The second-order valence-corrected chi connectivity index (χ2v) is 10.7. The van der Waals surface area contributed by atoms with Crippen LogP contribution in [-0.4, -0.2) is 27.0 Å². The summed E-state index contributed by atoms with van der Waals surface area (Å²) in [4.78, 5) is 13.6. The number of pyridine rings is 3. The first-order chi connectivity index (χ1) is 19.1. The number of hydrogen-bond acceptors (Lipinski definition) is 7. The number of nitrogens with zero attached hydrogens (tertiary/aromatic N) is 5. The van der Waals surface area contributed by atoms with Crippen molar-refractivity contribution < 1.29 is 8.78 Å². The number of benzene rings is 1. The van der Waals surface area contributed by atoms with Crippen molar-refractivity contribution in [2.45, 2.75) is 45.2 Å². The van der Waals surface area contributed by atoms with Crippen LogP contribution in [0.4, 0.5) is 8.78 Å². The molecule has 4 heterocycles. The smallest absolute Gasteiger partial charge is 0.300 e. The number of likely N-dealkylation sites (N-methyl/N-ethyl adjacent to an activating group) is 1. The molecule has 0 bridgehead atoms. The molecule has 0 saturated heterocycles. The summed E-state index contributed by atoms with van der Waals surface area (Å²) in [5.74, 6) is -0.156. The molecule has 204 valence electrons. The molecule has 0 spiro atoms. The Morgan fingerprint density at radius 2 is 1.93 bits per heavy atom. The first kappa shape index (κ1) is 27.6. The van der Waals surface area contributed by atoms with E-state index in [1.807, 2.05) is 57.2 Å². The number of rotatable bonds is 7. The first-order valence-corrected chi connectivity index (χ1v) is 13.5. The number of fused-ring (bicyclic) bond motifs is 1. The minimum absolute atomic E-state index is 0.156. The summed E-state index contributed by atoms with van der Waals surface area (Å²) in [5.41, 5.74) is 11.3. The third-order valence-electron chi connectivity index (χ3n) is 7.23. The zero-order valence-electron chi connectivity index (χ0n) is 22.8. The van der Waals surface area contributed by atoms with Gasteiger partial charge in [-0.15, -0.1) is 5.53 Å². The Hall–Kier alpha value is -3.99. The van der Waals surface area contributed by atoms with Crippen LogP contribution in [0, 0.1) is 25.2 Å². The molecule has 0 aliphatic carbocycles. The van der Waals surface area contributed by atoms with Crippen molar-refractivity contribution in [1.82, 2.24) is 30.9 Å². The minimum atomic E-state index is -3.10. The second kappa shape index (κ2) is 10.9. The highest BCUT2D eigenvalue weighted by atomic mass is 31.0. The molecule has 5 rings (SSSR count). The molecule has 0 amide bonds. The molecule has 40 heavy (non-hydrogen) atoms. The molecule has 4 aromatic rings. The van der Waals surface area contributed by atoms with Gasteiger partial charge < -0.3 is 5.43 Å². The quantitative estimate of drug-likeness (QED) is 0.289. The molecule has 2 atom stereocenters. The van der Waals surface area contributed by atoms with Gasteiger partial charge in [-0.25, -0.2) is 0 Å². The van der Waals surface area contributed by atoms with Gasteiger partial charge in [-0.3, -0.25) is 20.0 Å². The van der Waals surface area contributed by atoms with Crippen molar-refractivity contribution in [3.05, 3.63) is 111 Å². The lowest BCUT2D eigenvalue weighted by atomic mass is 9.85. The maximum atomic E-state index is 13.7. The molecule has 1 aliphatic rings. The van der Waals surface area contributed by atoms with Gasteiger partial charge in [0.2, 0.25) is 0 Å². The van der Waals surface area contributed by atoms with Gasteiger partial charge in [0.05, 0.1) is 22.7 Å². The molecule has 1 aromatic carbocycles. The van der Waals surface area contributed by atoms with Gasteiger partial charge in [-0.2, -0.15) is 14.0 Å². The highest BCUT2D eigenvalue weighted by Gasteiger charge is 2.28. The zero-order valence-corrected chi connectivity index (χ0v) is 23.9. The van der Waals surface area contributed by atoms with Crippen LogP contribution in [0.15, 0.2) is 60.6 Å². The number of nitrogens with one attached hydrogen (secondary N) is 2. The first-order valence-electron chi connectivity index (χ1n) is 13.0. The monoisotopic (exact) mass is 557 g/mol. The van der Waals surface area contributed by atoms with E-state index < -0.39 is 5.66 Å². The number of alkyl halides is 2. The van der Waals surface area contributed by atoms with Crippen molar-refractivity contribution in [3.8, 4) is 6.07 Å². The fourth-order valence-electron chi connectivity index (χ4n) is 5.25. The number of hydrazine groups is 2. The van der Waals surface area contributed by atoms with E-state index >= 15 is 0 Å². The molecule has 0 fully saturated rings. The summed E-state index contributed by atoms with van der Waals surface area (Å²) < 4.78 is 27.3. The van der Waals surface area contributed by atoms with Crippen molar-refractivity contribution in [2.75, 3.05) is 7.05 Å². The van der Waals surface area contributed by atoms with E-state index in [0.29, 0.717) is 18.4 Å². The minimum Gasteiger partial charge on any atom is -0.309 e. The molecule has 2 unspecified atom stereocenters. The largest absolute Gasteiger partial charge is 0.309 e. The van der Waals surface area contributed by atoms with E-state index in [1.165, 1.54) is 21.5 Å². The Labute approximate surface area is 234 Å². The molecule has 0 radical (unpaired) electrons. The Morgan fingerprint density at radius 3 is 2.52 bits per heavy atom. The predicted octanol–water partition coefficient (Wildman–Crippen LogP) is 5.52. The van der Waals surface area contributed by atoms with Gasteiger partial charge in [0.1, 0.15) is 11.8 Å². The summed E-state index contributed by atoms with van der Waals surface area (Å²) in [7, 11) is 3.45. The Morgan fingerprint density at radius 1 is 1.12 bits per heavy atom. The molecular weight excluding hydrogens is 527 g/mol. The maximum Gasteiger partial charge on any atom is 0.300 e. The highest BCUT2D eigenvalue weighted by molar-refractivity contribution is 7.17. The topological polar surface area (TPSA) is 89.8 Å². The molecule has 1 aliphatic heterocycles. The Balaban J connectivity index is 1.65. The molecular formula is C30H30F2N7P. The second-order valence-electron chi connectivity index (χ2n) is 9.95. The lowest BCUT2D eigenvalue weighted by molar-refractivity contribution is 0.0986. The lowest BCUT2D eigenvalue weighted by Gasteiger charge is -2.26. The zero-order chi connectivity index (χ0) is 28.6. The van der Waals surface area contributed by atoms with Crippen molar-refractivity contribution in [1.29, 1.82) is 5.26 Å². The van der Waals surface area contributed by atoms with Crippen LogP contribution in [0.2, 0.25) is 0 Å². The van der Waals surface area contributed by atoms with Gasteiger partial charge in [0.25, 0.3) is 5.66 Å². The van der Waals surface area contributed by atoms with Crippen LogP contribution in [0.3, 0.4) is 0 Å². The van der Waals surface area contributed by atoms with Crippen molar-refractivity contribution >= 4 is 20.1 Å². The van der Waals surface area contributed by atoms with Gasteiger partial charge in [0, 0.05) is 48.3 Å². The maximum absolute atomic E-state index is 13.7. The number of halogens is 2. The third kappa shape index (κ3) is 5.25. The molecule has 10 heteroatoms. The molecule has 2 N–H and O–H groups in total. The molecule has 7 nitrogen and oxygen atoms in total. The summed E-state index contributed by atoms with van der Waals surface area (Å²) in [6.07, 6.45) is 4.36. The molecule has 3 aromatic heterocycles. The van der Waals surface area contributed by atoms with E-state index in [2.05, 4.69) is 34.1 Å². The standard InChI is InChI=1S/C30H30F2N7P/c1-5-25-22(12-19-7-11-28(34-15-19)30(31,32)40)24(14-33)23-13-20(8-10-26(23)37-25)29(27-16-35-38-39(27)4)21-9-6-17(2)36-18(21)3/h6-11,13,15-16,29,35,38H,5,12,40H2,1-4H3. The van der Waals surface area contributed by atoms with Gasteiger partial charge >= 0.3 is 0 Å². The average Bonchev–Trinajstić information content (AvgIpc) is 3.34. The Bertz CT molecular complexity index is 1660. The number of allylic oxidation sites excluding steroid dienone is 1. The summed E-state index contributed by atoms with van der Waals surface area (Å²) >= 11 is 0. The van der Waals surface area contributed by atoms with E-state index in [0.717, 1.165) is 55.9 Å². The Kier molecular flexibility index (Phi) is 7.50. The fourth-order valence-corrected chi connectivity index (χ4v) is 5.42. The number of aryl methyl sites for hydroxylation is 3. The van der Waals surface area contributed by atoms with Crippen LogP contribution in [0.1, 0.15) is 63.4 Å². The van der Waals surface area contributed by atoms with Crippen LogP contribution >= 0.6 is 9.24 Å². The SMILES string of the molecule is CCc1nc2ccc(C(C3=CNNN3C)c3ccc(C)nc3C)cc2c(C#N)c1Cc1ccc(C(F)(F)P)nc1. The van der Waals surface area contributed by atoms with E-state index in [4.69, 9.17) is 9.97 Å². The normalized spacial score (nSPS) is 14.2. The van der Waals surface area contributed by atoms with Crippen LogP contribution in [-0.2, 0) is 18.5 Å². The third-order valence-corrected chi connectivity index (χ3v) is 7.53. The molecule has 0 saturated carbocycles. The van der Waals surface area contributed by atoms with Crippen molar-refractivity contribution in [2.24, 2.45) is 0 Å². The average molecular weight is 558 g/mol. The van der Waals surface area contributed by atoms with Gasteiger partial charge in [-0.05, 0) is 66.8 Å². The van der Waals surface area contributed by atoms with Gasteiger partial charge in [0.15, 0.2) is 0 Å². The van der Waals surface area contributed by atoms with Gasteiger partial charge in [-0.1, -0.05) is 34.4 Å². The number of hydrogen-bond donors (Lipinski definition) is 2. The summed E-state index contributed by atoms with van der Waals surface area (Å²) in [6, 6.07) is 15.5. The van der Waals surface area contributed by atoms with Crippen molar-refractivity contribution in [3.63, 3.8) is 0 Å². The van der Waals surface area contributed by atoms with Crippen LogP contribution in [0.5, 0.6) is 0 Å². The summed E-state index contributed by atoms with van der Waals surface area (Å²) in [6.45, 7) is 5.97.